The van der Waals surface area contributed by atoms with Crippen LogP contribution in [0.15, 0.2) is 114 Å². The van der Waals surface area contributed by atoms with E-state index in [1.165, 1.54) is 33.5 Å². The number of carboxylic acids is 1. The van der Waals surface area contributed by atoms with Crippen LogP contribution in [0.2, 0.25) is 5.02 Å². The molecule has 0 saturated heterocycles. The lowest BCUT2D eigenvalue weighted by Gasteiger charge is -2.23. The maximum Gasteiger partial charge on any atom is 0.323 e. The van der Waals surface area contributed by atoms with Gasteiger partial charge in [-0.25, -0.2) is 8.42 Å². The Hall–Kier alpha value is -3.98. The van der Waals surface area contributed by atoms with Crippen molar-refractivity contribution >= 4 is 33.5 Å². The lowest BCUT2D eigenvalue weighted by molar-refractivity contribution is -0.137. The van der Waals surface area contributed by atoms with Crippen LogP contribution in [-0.2, 0) is 34.3 Å². The highest BCUT2D eigenvalue weighted by atomic mass is 35.5. The number of sulfonamides is 1. The van der Waals surface area contributed by atoms with E-state index in [2.05, 4.69) is 0 Å². The second-order valence-electron chi connectivity index (χ2n) is 9.27. The van der Waals surface area contributed by atoms with Gasteiger partial charge < -0.3 is 10.0 Å². The Balaban J connectivity index is 1.53. The molecular weight excluding hydrogens is 548 g/mol. The fourth-order valence-electron chi connectivity index (χ4n) is 4.23. The highest BCUT2D eigenvalue weighted by molar-refractivity contribution is 7.89. The molecule has 4 aromatic carbocycles. The van der Waals surface area contributed by atoms with E-state index in [1.54, 1.807) is 24.3 Å². The number of carbonyl (C=O) groups excluding carboxylic acids is 1. The van der Waals surface area contributed by atoms with E-state index in [4.69, 9.17) is 11.6 Å². The monoisotopic (exact) mass is 576 g/mol. The average molecular weight is 577 g/mol. The van der Waals surface area contributed by atoms with Crippen molar-refractivity contribution < 1.29 is 23.1 Å². The molecule has 0 heterocycles. The van der Waals surface area contributed by atoms with Gasteiger partial charge in [-0.1, -0.05) is 84.4 Å². The molecule has 0 bridgehead atoms. The number of hydrogen-bond acceptors (Lipinski definition) is 4. The molecule has 0 saturated carbocycles. The zero-order valence-electron chi connectivity index (χ0n) is 21.7. The zero-order valence-corrected chi connectivity index (χ0v) is 23.3. The molecule has 0 aliphatic rings. The van der Waals surface area contributed by atoms with Crippen LogP contribution in [0.4, 0.5) is 0 Å². The number of rotatable bonds is 12. The fourth-order valence-corrected chi connectivity index (χ4v) is 5.77. The number of halogens is 1. The van der Waals surface area contributed by atoms with Crippen molar-refractivity contribution in [2.45, 2.75) is 24.4 Å². The lowest BCUT2D eigenvalue weighted by atomic mass is 10.1. The molecule has 0 spiro atoms. The van der Waals surface area contributed by atoms with Gasteiger partial charge in [0.25, 0.3) is 5.91 Å². The summed E-state index contributed by atoms with van der Waals surface area (Å²) >= 11 is 5.97. The normalized spacial score (nSPS) is 11.3. The molecule has 0 aliphatic heterocycles. The predicted octanol–water partition coefficient (Wildman–Crippen LogP) is 5.50. The molecular formula is C31H29ClN2O5S. The summed E-state index contributed by atoms with van der Waals surface area (Å²) < 4.78 is 28.5. The van der Waals surface area contributed by atoms with E-state index in [0.717, 1.165) is 11.1 Å². The highest BCUT2D eigenvalue weighted by Gasteiger charge is 2.25. The highest BCUT2D eigenvalue weighted by Crippen LogP contribution is 2.23. The first kappa shape index (κ1) is 29.0. The summed E-state index contributed by atoms with van der Waals surface area (Å²) in [6.45, 7) is 0.0538. The first-order valence-electron chi connectivity index (χ1n) is 12.7. The summed E-state index contributed by atoms with van der Waals surface area (Å²) in [7, 11) is -3.87. The van der Waals surface area contributed by atoms with Crippen LogP contribution in [0, 0.1) is 0 Å². The molecule has 0 aromatic heterocycles. The van der Waals surface area contributed by atoms with E-state index >= 15 is 0 Å². The minimum Gasteiger partial charge on any atom is -0.480 e. The third kappa shape index (κ3) is 7.79. The van der Waals surface area contributed by atoms with E-state index in [1.807, 2.05) is 60.7 Å². The van der Waals surface area contributed by atoms with Crippen LogP contribution in [0.5, 0.6) is 0 Å². The van der Waals surface area contributed by atoms with Crippen molar-refractivity contribution in [1.29, 1.82) is 0 Å². The van der Waals surface area contributed by atoms with Gasteiger partial charge >= 0.3 is 5.97 Å². The van der Waals surface area contributed by atoms with E-state index in [0.29, 0.717) is 22.6 Å². The van der Waals surface area contributed by atoms with Crippen LogP contribution < -0.4 is 0 Å². The summed E-state index contributed by atoms with van der Waals surface area (Å²) in [5.41, 5.74) is 2.84. The lowest BCUT2D eigenvalue weighted by Crippen LogP contribution is -2.37. The maximum atomic E-state index is 13.6. The van der Waals surface area contributed by atoms with Crippen LogP contribution >= 0.6 is 11.6 Å². The minimum absolute atomic E-state index is 0.0706. The van der Waals surface area contributed by atoms with Crippen molar-refractivity contribution in [3.8, 4) is 0 Å². The molecule has 0 radical (unpaired) electrons. The van der Waals surface area contributed by atoms with E-state index in [9.17, 15) is 23.1 Å². The molecule has 7 nitrogen and oxygen atoms in total. The third-order valence-electron chi connectivity index (χ3n) is 6.34. The molecule has 1 amide bonds. The number of amides is 1. The van der Waals surface area contributed by atoms with Crippen LogP contribution in [-0.4, -0.2) is 47.7 Å². The Labute approximate surface area is 239 Å². The number of benzene rings is 4. The van der Waals surface area contributed by atoms with Crippen LogP contribution in [0.1, 0.15) is 27.0 Å². The second kappa shape index (κ2) is 13.4. The van der Waals surface area contributed by atoms with E-state index in [-0.39, 0.29) is 24.5 Å². The van der Waals surface area contributed by atoms with Gasteiger partial charge in [0.2, 0.25) is 10.0 Å². The molecule has 0 fully saturated rings. The Morgan fingerprint density at radius 1 is 0.700 bits per heavy atom. The minimum atomic E-state index is -3.87. The summed E-state index contributed by atoms with van der Waals surface area (Å²) in [6, 6.07) is 31.4. The molecule has 1 N–H and O–H groups in total. The summed E-state index contributed by atoms with van der Waals surface area (Å²) in [6.07, 6.45) is 0.523. The number of carboxylic acid groups (broad SMARTS) is 1. The number of hydrogen-bond donors (Lipinski definition) is 1. The average Bonchev–Trinajstić information content (AvgIpc) is 2.96. The summed E-state index contributed by atoms with van der Waals surface area (Å²) in [5, 5.41) is 9.80. The first-order chi connectivity index (χ1) is 19.2. The van der Waals surface area contributed by atoms with Gasteiger partial charge in [0.1, 0.15) is 6.54 Å². The predicted molar refractivity (Wildman–Crippen MR) is 154 cm³/mol. The molecule has 0 aliphatic carbocycles. The first-order valence-corrected chi connectivity index (χ1v) is 14.5. The van der Waals surface area contributed by atoms with Gasteiger partial charge in [0.05, 0.1) is 4.90 Å². The number of nitrogens with zero attached hydrogens (tertiary/aromatic N) is 2. The molecule has 9 heteroatoms. The van der Waals surface area contributed by atoms with E-state index < -0.39 is 28.4 Å². The van der Waals surface area contributed by atoms with Gasteiger partial charge in [-0.3, -0.25) is 9.59 Å². The third-order valence-corrected chi connectivity index (χ3v) is 8.40. The van der Waals surface area contributed by atoms with Crippen LogP contribution in [0.25, 0.3) is 0 Å². The van der Waals surface area contributed by atoms with Gasteiger partial charge in [0.15, 0.2) is 0 Å². The Bertz CT molecular complexity index is 1530. The van der Waals surface area contributed by atoms with Crippen molar-refractivity contribution in [3.05, 3.63) is 136 Å². The Morgan fingerprint density at radius 3 is 1.77 bits per heavy atom. The topological polar surface area (TPSA) is 95.0 Å². The zero-order chi connectivity index (χ0) is 28.5. The molecule has 40 heavy (non-hydrogen) atoms. The molecule has 4 rings (SSSR count). The largest absolute Gasteiger partial charge is 0.480 e. The summed E-state index contributed by atoms with van der Waals surface area (Å²) in [4.78, 5) is 26.1. The SMILES string of the molecule is O=C(O)CN(CCc1ccccc1)C(=O)c1ccc(CN(Cc2ccccc2)S(=O)(=O)c2ccc(Cl)cc2)cc1. The maximum absolute atomic E-state index is 13.6. The van der Waals surface area contributed by atoms with Crippen molar-refractivity contribution in [2.75, 3.05) is 13.1 Å². The van der Waals surface area contributed by atoms with Crippen LogP contribution in [0.3, 0.4) is 0 Å². The van der Waals surface area contributed by atoms with Crippen molar-refractivity contribution in [1.82, 2.24) is 9.21 Å². The smallest absolute Gasteiger partial charge is 0.323 e. The van der Waals surface area contributed by atoms with Gasteiger partial charge in [0, 0.05) is 30.2 Å². The molecule has 206 valence electrons. The van der Waals surface area contributed by atoms with Gasteiger partial charge in [-0.15, -0.1) is 0 Å². The number of carbonyl (C=O) groups is 2. The quantitative estimate of drug-likeness (QED) is 0.240. The standard InChI is InChI=1S/C31H29ClN2O5S/c32-28-15-17-29(18-16-28)40(38,39)34(21-25-9-5-2-6-10-25)22-26-11-13-27(14-12-26)31(37)33(23-30(35)36)20-19-24-7-3-1-4-8-24/h1-18H,19-23H2,(H,35,36). The Kier molecular flexibility index (Phi) is 9.71. The second-order valence-corrected chi connectivity index (χ2v) is 11.6. The fraction of sp³-hybridized carbons (Fsp3) is 0.161. The summed E-state index contributed by atoms with van der Waals surface area (Å²) in [5.74, 6) is -1.50. The van der Waals surface area contributed by atoms with Gasteiger partial charge in [-0.2, -0.15) is 4.31 Å². The Morgan fingerprint density at radius 2 is 1.23 bits per heavy atom. The molecule has 0 atom stereocenters. The molecule has 4 aromatic rings. The van der Waals surface area contributed by atoms with Crippen molar-refractivity contribution in [3.63, 3.8) is 0 Å². The molecule has 0 unspecified atom stereocenters. The van der Waals surface area contributed by atoms with Crippen molar-refractivity contribution in [2.24, 2.45) is 0 Å². The number of aliphatic carboxylic acids is 1. The van der Waals surface area contributed by atoms with Gasteiger partial charge in [-0.05, 0) is 59.5 Å².